The minimum absolute atomic E-state index is 0.300. The van der Waals surface area contributed by atoms with Crippen LogP contribution >= 0.6 is 11.3 Å². The lowest BCUT2D eigenvalue weighted by Crippen LogP contribution is -2.38. The maximum absolute atomic E-state index is 5.99. The van der Waals surface area contributed by atoms with Gasteiger partial charge in [0, 0.05) is 48.0 Å². The van der Waals surface area contributed by atoms with Crippen LogP contribution in [0.3, 0.4) is 0 Å². The van der Waals surface area contributed by atoms with Gasteiger partial charge in [-0.2, -0.15) is 0 Å². The van der Waals surface area contributed by atoms with Gasteiger partial charge in [0.15, 0.2) is 0 Å². The van der Waals surface area contributed by atoms with Gasteiger partial charge in [-0.15, -0.1) is 11.3 Å². The predicted octanol–water partition coefficient (Wildman–Crippen LogP) is 3.42. The maximum atomic E-state index is 5.99. The van der Waals surface area contributed by atoms with Crippen molar-refractivity contribution in [1.82, 2.24) is 19.4 Å². The van der Waals surface area contributed by atoms with E-state index in [1.165, 1.54) is 15.4 Å². The minimum atomic E-state index is 0.300. The summed E-state index contributed by atoms with van der Waals surface area (Å²) in [5.74, 6) is 0. The molecule has 1 aliphatic heterocycles. The lowest BCUT2D eigenvalue weighted by molar-refractivity contribution is 0.0590. The fourth-order valence-electron chi connectivity index (χ4n) is 3.30. The van der Waals surface area contributed by atoms with Crippen molar-refractivity contribution in [3.63, 3.8) is 0 Å². The van der Waals surface area contributed by atoms with Crippen molar-refractivity contribution in [2.75, 3.05) is 13.2 Å². The largest absolute Gasteiger partial charge is 0.375 e. The van der Waals surface area contributed by atoms with E-state index >= 15 is 0 Å². The highest BCUT2D eigenvalue weighted by Crippen LogP contribution is 2.25. The first-order chi connectivity index (χ1) is 12.3. The van der Waals surface area contributed by atoms with Gasteiger partial charge in [-0.05, 0) is 36.8 Å². The van der Waals surface area contributed by atoms with Gasteiger partial charge in [0.1, 0.15) is 0 Å². The summed E-state index contributed by atoms with van der Waals surface area (Å²) in [6.45, 7) is 6.38. The Hall–Kier alpha value is -2.02. The van der Waals surface area contributed by atoms with Crippen LogP contribution in [-0.4, -0.2) is 32.6 Å². The second kappa shape index (κ2) is 7.47. The normalized spacial score (nSPS) is 17.6. The zero-order chi connectivity index (χ0) is 17.1. The smallest absolute Gasteiger partial charge is 0.0952 e. The second-order valence-corrected chi connectivity index (χ2v) is 7.87. The van der Waals surface area contributed by atoms with Gasteiger partial charge in [0.2, 0.25) is 0 Å². The molecule has 0 saturated heterocycles. The summed E-state index contributed by atoms with van der Waals surface area (Å²) in [6.07, 6.45) is 7.51. The lowest BCUT2D eigenvalue weighted by Gasteiger charge is -2.34. The number of imidazole rings is 1. The summed E-state index contributed by atoms with van der Waals surface area (Å²) in [5, 5.41) is 0. The van der Waals surface area contributed by atoms with E-state index < -0.39 is 0 Å². The highest BCUT2D eigenvalue weighted by molar-refractivity contribution is 7.11. The first kappa shape index (κ1) is 16.4. The van der Waals surface area contributed by atoms with Gasteiger partial charge in [0.05, 0.1) is 31.3 Å². The molecular formula is C19H22N4OS. The van der Waals surface area contributed by atoms with Crippen molar-refractivity contribution < 1.29 is 4.74 Å². The molecule has 0 amide bonds. The molecule has 3 aromatic rings. The fourth-order valence-corrected chi connectivity index (χ4v) is 4.23. The molecule has 1 aliphatic rings. The van der Waals surface area contributed by atoms with Crippen molar-refractivity contribution in [2.45, 2.75) is 32.7 Å². The Labute approximate surface area is 151 Å². The average Bonchev–Trinajstić information content (AvgIpc) is 3.25. The van der Waals surface area contributed by atoms with Crippen LogP contribution in [0.5, 0.6) is 0 Å². The molecule has 0 bridgehead atoms. The molecule has 1 atom stereocenters. The molecule has 0 spiro atoms. The molecule has 25 heavy (non-hydrogen) atoms. The SMILES string of the molecule is Cc1ccc(CN2Cc3cncn3[C@@H](COCc3ccncc3)C2)s1. The number of nitrogens with zero attached hydrogens (tertiary/aromatic N) is 4. The van der Waals surface area contributed by atoms with Gasteiger partial charge >= 0.3 is 0 Å². The molecule has 0 aliphatic carbocycles. The summed E-state index contributed by atoms with van der Waals surface area (Å²) in [4.78, 5) is 13.7. The van der Waals surface area contributed by atoms with E-state index in [2.05, 4.69) is 38.5 Å². The van der Waals surface area contributed by atoms with Crippen LogP contribution in [0.15, 0.2) is 49.2 Å². The molecule has 6 heteroatoms. The summed E-state index contributed by atoms with van der Waals surface area (Å²) in [5.41, 5.74) is 2.42. The van der Waals surface area contributed by atoms with Crippen molar-refractivity contribution in [2.24, 2.45) is 0 Å². The Morgan fingerprint density at radius 3 is 2.88 bits per heavy atom. The summed E-state index contributed by atoms with van der Waals surface area (Å²) in [6, 6.07) is 8.72. The molecule has 0 aromatic carbocycles. The Bertz CT molecular complexity index is 814. The molecule has 5 nitrogen and oxygen atoms in total. The summed E-state index contributed by atoms with van der Waals surface area (Å²) < 4.78 is 8.25. The predicted molar refractivity (Wildman–Crippen MR) is 98.3 cm³/mol. The molecule has 130 valence electrons. The first-order valence-electron chi connectivity index (χ1n) is 8.53. The number of thiophene rings is 1. The molecule has 3 aromatic heterocycles. The van der Waals surface area contributed by atoms with E-state index in [-0.39, 0.29) is 0 Å². The van der Waals surface area contributed by atoms with Gasteiger partial charge in [-0.25, -0.2) is 4.98 Å². The molecule has 0 fully saturated rings. The van der Waals surface area contributed by atoms with Gasteiger partial charge < -0.3 is 9.30 Å². The number of fused-ring (bicyclic) bond motifs is 1. The standard InChI is InChI=1S/C19H22N4OS/c1-15-2-3-19(25-15)11-22-9-17-8-21-14-23(17)18(10-22)13-24-12-16-4-6-20-7-5-16/h2-8,14,18H,9-13H2,1H3/t18-/m1/s1. The monoisotopic (exact) mass is 354 g/mol. The van der Waals surface area contributed by atoms with Crippen LogP contribution in [0.1, 0.15) is 27.1 Å². The molecule has 0 saturated carbocycles. The van der Waals surface area contributed by atoms with Crippen molar-refractivity contribution in [3.05, 3.63) is 70.2 Å². The van der Waals surface area contributed by atoms with Crippen LogP contribution in [0.25, 0.3) is 0 Å². The molecular weight excluding hydrogens is 332 g/mol. The van der Waals surface area contributed by atoms with Crippen molar-refractivity contribution in [3.8, 4) is 0 Å². The Morgan fingerprint density at radius 2 is 2.08 bits per heavy atom. The molecule has 0 unspecified atom stereocenters. The van der Waals surface area contributed by atoms with Gasteiger partial charge in [-0.1, -0.05) is 0 Å². The highest BCUT2D eigenvalue weighted by atomic mass is 32.1. The number of hydrogen-bond donors (Lipinski definition) is 0. The van der Waals surface area contributed by atoms with Crippen LogP contribution in [0, 0.1) is 6.92 Å². The summed E-state index contributed by atoms with van der Waals surface area (Å²) >= 11 is 1.88. The average molecular weight is 354 g/mol. The van der Waals surface area contributed by atoms with E-state index in [0.717, 1.165) is 25.2 Å². The van der Waals surface area contributed by atoms with Crippen LogP contribution in [0.4, 0.5) is 0 Å². The van der Waals surface area contributed by atoms with Crippen molar-refractivity contribution >= 4 is 11.3 Å². The molecule has 4 heterocycles. The van der Waals surface area contributed by atoms with E-state index in [0.29, 0.717) is 19.3 Å². The minimum Gasteiger partial charge on any atom is -0.375 e. The third-order valence-corrected chi connectivity index (χ3v) is 5.48. The molecule has 0 radical (unpaired) electrons. The van der Waals surface area contributed by atoms with Crippen LogP contribution in [0.2, 0.25) is 0 Å². The van der Waals surface area contributed by atoms with Gasteiger partial charge in [-0.3, -0.25) is 9.88 Å². The number of ether oxygens (including phenoxy) is 1. The highest BCUT2D eigenvalue weighted by Gasteiger charge is 2.25. The fraction of sp³-hybridized carbons (Fsp3) is 0.368. The maximum Gasteiger partial charge on any atom is 0.0952 e. The molecule has 4 rings (SSSR count). The zero-order valence-electron chi connectivity index (χ0n) is 14.3. The van der Waals surface area contributed by atoms with E-state index in [1.54, 1.807) is 12.4 Å². The number of pyridine rings is 1. The second-order valence-electron chi connectivity index (χ2n) is 6.50. The summed E-state index contributed by atoms with van der Waals surface area (Å²) in [7, 11) is 0. The van der Waals surface area contributed by atoms with Crippen LogP contribution < -0.4 is 0 Å². The quantitative estimate of drug-likeness (QED) is 0.680. The van der Waals surface area contributed by atoms with E-state index in [1.807, 2.05) is 36.0 Å². The Kier molecular flexibility index (Phi) is 4.92. The third kappa shape index (κ3) is 3.98. The number of aryl methyl sites for hydroxylation is 1. The third-order valence-electron chi connectivity index (χ3n) is 4.50. The van der Waals surface area contributed by atoms with Gasteiger partial charge in [0.25, 0.3) is 0 Å². The number of aromatic nitrogens is 3. The van der Waals surface area contributed by atoms with E-state index in [4.69, 9.17) is 4.74 Å². The molecule has 0 N–H and O–H groups in total. The number of rotatable bonds is 6. The topological polar surface area (TPSA) is 43.2 Å². The Balaban J connectivity index is 1.40. The Morgan fingerprint density at radius 1 is 1.20 bits per heavy atom. The van der Waals surface area contributed by atoms with E-state index in [9.17, 15) is 0 Å². The first-order valence-corrected chi connectivity index (χ1v) is 9.34. The van der Waals surface area contributed by atoms with Crippen LogP contribution in [-0.2, 0) is 24.4 Å². The lowest BCUT2D eigenvalue weighted by atomic mass is 10.2. The van der Waals surface area contributed by atoms with Crippen molar-refractivity contribution in [1.29, 1.82) is 0 Å². The number of hydrogen-bond acceptors (Lipinski definition) is 5. The zero-order valence-corrected chi connectivity index (χ0v) is 15.2.